The van der Waals surface area contributed by atoms with Gasteiger partial charge in [-0.1, -0.05) is 52.6 Å². The van der Waals surface area contributed by atoms with Crippen molar-refractivity contribution < 1.29 is 4.52 Å². The van der Waals surface area contributed by atoms with Gasteiger partial charge in [0, 0.05) is 15.6 Å². The van der Waals surface area contributed by atoms with Crippen LogP contribution in [0.2, 0.25) is 10.0 Å². The summed E-state index contributed by atoms with van der Waals surface area (Å²) in [4.78, 5) is 0. The van der Waals surface area contributed by atoms with Gasteiger partial charge in [-0.05, 0) is 29.8 Å². The molecule has 2 N–H and O–H groups in total. The van der Waals surface area contributed by atoms with E-state index in [0.717, 1.165) is 16.7 Å². The zero-order valence-corrected chi connectivity index (χ0v) is 11.8. The average Bonchev–Trinajstić information content (AvgIpc) is 2.82. The van der Waals surface area contributed by atoms with Gasteiger partial charge in [-0.25, -0.2) is 0 Å². The van der Waals surface area contributed by atoms with Crippen LogP contribution in [0.3, 0.4) is 0 Å². The van der Waals surface area contributed by atoms with Gasteiger partial charge in [0.1, 0.15) is 5.69 Å². The smallest absolute Gasteiger partial charge is 0.230 e. The Kier molecular flexibility index (Phi) is 3.38. The van der Waals surface area contributed by atoms with Gasteiger partial charge < -0.3 is 10.3 Å². The average molecular weight is 305 g/mol. The van der Waals surface area contributed by atoms with Crippen molar-refractivity contribution in [3.05, 3.63) is 58.6 Å². The van der Waals surface area contributed by atoms with E-state index in [1.807, 2.05) is 30.3 Å². The van der Waals surface area contributed by atoms with Gasteiger partial charge in [0.15, 0.2) is 0 Å². The Morgan fingerprint density at radius 2 is 1.65 bits per heavy atom. The number of nitrogen functional groups attached to an aromatic ring is 1. The summed E-state index contributed by atoms with van der Waals surface area (Å²) >= 11 is 11.9. The maximum absolute atomic E-state index is 6.01. The molecule has 0 spiro atoms. The van der Waals surface area contributed by atoms with Crippen LogP contribution in [0.15, 0.2) is 53.1 Å². The second-order valence-electron chi connectivity index (χ2n) is 4.29. The lowest BCUT2D eigenvalue weighted by Crippen LogP contribution is -1.87. The van der Waals surface area contributed by atoms with Gasteiger partial charge in [0.25, 0.3) is 0 Å². The Labute approximate surface area is 125 Å². The summed E-state index contributed by atoms with van der Waals surface area (Å²) < 4.78 is 5.13. The van der Waals surface area contributed by atoms with Crippen molar-refractivity contribution in [3.63, 3.8) is 0 Å². The van der Waals surface area contributed by atoms with Crippen molar-refractivity contribution in [2.24, 2.45) is 0 Å². The molecule has 20 heavy (non-hydrogen) atoms. The van der Waals surface area contributed by atoms with Gasteiger partial charge in [-0.2, -0.15) is 0 Å². The van der Waals surface area contributed by atoms with Crippen molar-refractivity contribution in [1.82, 2.24) is 5.16 Å². The second-order valence-corrected chi connectivity index (χ2v) is 5.16. The number of aromatic nitrogens is 1. The summed E-state index contributed by atoms with van der Waals surface area (Å²) in [5.74, 6) is 0.266. The first kappa shape index (κ1) is 13.0. The molecular formula is C15H10Cl2N2O. The van der Waals surface area contributed by atoms with Crippen LogP contribution in [0, 0.1) is 0 Å². The number of nitrogens with two attached hydrogens (primary N) is 1. The van der Waals surface area contributed by atoms with E-state index in [1.165, 1.54) is 0 Å². The Morgan fingerprint density at radius 1 is 0.900 bits per heavy atom. The fourth-order valence-electron chi connectivity index (χ4n) is 2.03. The quantitative estimate of drug-likeness (QED) is 0.732. The van der Waals surface area contributed by atoms with Gasteiger partial charge in [0.2, 0.25) is 5.88 Å². The number of nitrogens with zero attached hydrogens (tertiary/aromatic N) is 1. The summed E-state index contributed by atoms with van der Waals surface area (Å²) in [6.07, 6.45) is 0. The predicted octanol–water partition coefficient (Wildman–Crippen LogP) is 4.90. The minimum Gasteiger partial charge on any atom is -0.367 e. The highest BCUT2D eigenvalue weighted by molar-refractivity contribution is 6.31. The van der Waals surface area contributed by atoms with Gasteiger partial charge in [0.05, 0.1) is 5.56 Å². The summed E-state index contributed by atoms with van der Waals surface area (Å²) in [6, 6.07) is 14.7. The number of halogens is 2. The van der Waals surface area contributed by atoms with Gasteiger partial charge in [-0.15, -0.1) is 0 Å². The standard InChI is InChI=1S/C15H10Cl2N2O/c16-11-6-4-9(5-7-11)13-14(19-20-15(13)18)10-2-1-3-12(17)8-10/h1-8H,18H2. The highest BCUT2D eigenvalue weighted by Crippen LogP contribution is 2.37. The molecule has 1 heterocycles. The Balaban J connectivity index is 2.17. The fraction of sp³-hybridized carbons (Fsp3) is 0. The number of hydrogen-bond donors (Lipinski definition) is 1. The van der Waals surface area contributed by atoms with E-state index in [0.29, 0.717) is 15.7 Å². The lowest BCUT2D eigenvalue weighted by atomic mass is 10.0. The van der Waals surface area contributed by atoms with Crippen molar-refractivity contribution in [3.8, 4) is 22.4 Å². The first-order chi connectivity index (χ1) is 9.65. The van der Waals surface area contributed by atoms with Crippen LogP contribution >= 0.6 is 23.2 Å². The third-order valence-electron chi connectivity index (χ3n) is 2.95. The molecule has 0 saturated heterocycles. The highest BCUT2D eigenvalue weighted by Gasteiger charge is 2.17. The fourth-order valence-corrected chi connectivity index (χ4v) is 2.35. The van der Waals surface area contributed by atoms with E-state index in [-0.39, 0.29) is 5.88 Å². The summed E-state index contributed by atoms with van der Waals surface area (Å²) in [5, 5.41) is 5.33. The topological polar surface area (TPSA) is 52.0 Å². The normalized spacial score (nSPS) is 10.7. The molecule has 3 nitrogen and oxygen atoms in total. The monoisotopic (exact) mass is 304 g/mol. The highest BCUT2D eigenvalue weighted by atomic mass is 35.5. The molecule has 0 aliphatic carbocycles. The molecule has 0 radical (unpaired) electrons. The minimum atomic E-state index is 0.266. The number of rotatable bonds is 2. The molecule has 0 amide bonds. The van der Waals surface area contributed by atoms with Gasteiger partial charge >= 0.3 is 0 Å². The maximum atomic E-state index is 6.01. The van der Waals surface area contributed by atoms with E-state index in [9.17, 15) is 0 Å². The summed E-state index contributed by atoms with van der Waals surface area (Å²) in [5.41, 5.74) is 9.03. The van der Waals surface area contributed by atoms with Crippen LogP contribution in [0.4, 0.5) is 5.88 Å². The van der Waals surface area contributed by atoms with E-state index in [4.69, 9.17) is 33.5 Å². The molecule has 100 valence electrons. The zero-order valence-electron chi connectivity index (χ0n) is 10.3. The molecule has 0 unspecified atom stereocenters. The second kappa shape index (κ2) is 5.19. The molecule has 0 saturated carbocycles. The summed E-state index contributed by atoms with van der Waals surface area (Å²) in [6.45, 7) is 0. The number of hydrogen-bond acceptors (Lipinski definition) is 3. The first-order valence-corrected chi connectivity index (χ1v) is 6.68. The molecule has 3 aromatic rings. The largest absolute Gasteiger partial charge is 0.367 e. The van der Waals surface area contributed by atoms with Crippen LogP contribution in [-0.2, 0) is 0 Å². The van der Waals surface area contributed by atoms with E-state index >= 15 is 0 Å². The first-order valence-electron chi connectivity index (χ1n) is 5.92. The zero-order chi connectivity index (χ0) is 14.1. The molecule has 0 aliphatic rings. The van der Waals surface area contributed by atoms with Crippen LogP contribution in [0.25, 0.3) is 22.4 Å². The van der Waals surface area contributed by atoms with Crippen LogP contribution in [0.1, 0.15) is 0 Å². The molecule has 0 atom stereocenters. The van der Waals surface area contributed by atoms with Crippen molar-refractivity contribution in [2.75, 3.05) is 5.73 Å². The predicted molar refractivity (Wildman–Crippen MR) is 81.8 cm³/mol. The third-order valence-corrected chi connectivity index (χ3v) is 3.44. The van der Waals surface area contributed by atoms with E-state index < -0.39 is 0 Å². The third kappa shape index (κ3) is 2.38. The Hall–Kier alpha value is -1.97. The Bertz CT molecular complexity index is 751. The SMILES string of the molecule is Nc1onc(-c2cccc(Cl)c2)c1-c1ccc(Cl)cc1. The summed E-state index contributed by atoms with van der Waals surface area (Å²) in [7, 11) is 0. The minimum absolute atomic E-state index is 0.266. The van der Waals surface area contributed by atoms with Crippen LogP contribution in [-0.4, -0.2) is 5.16 Å². The van der Waals surface area contributed by atoms with E-state index in [1.54, 1.807) is 18.2 Å². The Morgan fingerprint density at radius 3 is 2.35 bits per heavy atom. The van der Waals surface area contributed by atoms with Crippen molar-refractivity contribution >= 4 is 29.1 Å². The lowest BCUT2D eigenvalue weighted by molar-refractivity contribution is 0.439. The van der Waals surface area contributed by atoms with Crippen molar-refractivity contribution in [2.45, 2.75) is 0 Å². The van der Waals surface area contributed by atoms with E-state index in [2.05, 4.69) is 5.16 Å². The number of benzene rings is 2. The van der Waals surface area contributed by atoms with Crippen molar-refractivity contribution in [1.29, 1.82) is 0 Å². The maximum Gasteiger partial charge on any atom is 0.230 e. The number of anilines is 1. The molecule has 3 rings (SSSR count). The molecule has 0 fully saturated rings. The lowest BCUT2D eigenvalue weighted by Gasteiger charge is -2.03. The van der Waals surface area contributed by atoms with Crippen LogP contribution in [0.5, 0.6) is 0 Å². The molecule has 0 bridgehead atoms. The van der Waals surface area contributed by atoms with Crippen LogP contribution < -0.4 is 5.73 Å². The molecule has 5 heteroatoms. The molecular weight excluding hydrogens is 295 g/mol. The molecule has 0 aliphatic heterocycles. The molecule has 2 aromatic carbocycles. The van der Waals surface area contributed by atoms with Gasteiger partial charge in [-0.3, -0.25) is 0 Å². The molecule has 1 aromatic heterocycles.